The highest BCUT2D eigenvalue weighted by Crippen LogP contribution is 2.41. The summed E-state index contributed by atoms with van der Waals surface area (Å²) < 4.78 is 5.33. The number of amides is 3. The lowest BCUT2D eigenvalue weighted by atomic mass is 10.1. The smallest absolute Gasteiger partial charge is 0.410 e. The van der Waals surface area contributed by atoms with Crippen molar-refractivity contribution in [2.24, 2.45) is 5.73 Å². The highest BCUT2D eigenvalue weighted by molar-refractivity contribution is 5.96. The number of carbonyl (C=O) groups is 3. The molecule has 1 heterocycles. The molecule has 0 aliphatic heterocycles. The Labute approximate surface area is 218 Å². The lowest BCUT2D eigenvalue weighted by Gasteiger charge is -2.28. The van der Waals surface area contributed by atoms with E-state index in [0.717, 1.165) is 35.5 Å². The summed E-state index contributed by atoms with van der Waals surface area (Å²) in [6, 6.07) is 6.96. The summed E-state index contributed by atoms with van der Waals surface area (Å²) in [5, 5.41) is 6.08. The molecule has 1 saturated carbocycles. The van der Waals surface area contributed by atoms with Gasteiger partial charge >= 0.3 is 6.09 Å². The molecule has 4 N–H and O–H groups in total. The number of nitrogens with two attached hydrogens (primary N) is 1. The first-order valence-corrected chi connectivity index (χ1v) is 12.7. The molecule has 0 unspecified atom stereocenters. The van der Waals surface area contributed by atoms with Crippen molar-refractivity contribution in [3.05, 3.63) is 46.9 Å². The summed E-state index contributed by atoms with van der Waals surface area (Å²) in [6.07, 6.45) is 2.85. The lowest BCUT2D eigenvalue weighted by Crippen LogP contribution is -2.47. The van der Waals surface area contributed by atoms with Gasteiger partial charge in [0.05, 0.1) is 11.4 Å². The second kappa shape index (κ2) is 11.6. The van der Waals surface area contributed by atoms with Gasteiger partial charge in [-0.3, -0.25) is 14.5 Å². The normalized spacial score (nSPS) is 14.0. The number of ether oxygens (including phenoxy) is 1. The van der Waals surface area contributed by atoms with E-state index in [1.807, 2.05) is 31.2 Å². The molecular formula is C27H38N6O4. The number of aromatic nitrogens is 2. The van der Waals surface area contributed by atoms with Crippen LogP contribution in [-0.4, -0.2) is 58.0 Å². The number of benzene rings is 1. The molecule has 1 aliphatic rings. The monoisotopic (exact) mass is 510 g/mol. The maximum absolute atomic E-state index is 12.6. The maximum atomic E-state index is 12.6. The maximum Gasteiger partial charge on any atom is 0.410 e. The van der Waals surface area contributed by atoms with Gasteiger partial charge in [-0.2, -0.15) is 0 Å². The Balaban J connectivity index is 1.62. The number of nitrogens with one attached hydrogen (secondary N) is 2. The van der Waals surface area contributed by atoms with Gasteiger partial charge in [-0.05, 0) is 71.1 Å². The molecule has 0 spiro atoms. The van der Waals surface area contributed by atoms with Crippen LogP contribution in [0.5, 0.6) is 0 Å². The van der Waals surface area contributed by atoms with Gasteiger partial charge in [0.15, 0.2) is 11.5 Å². The summed E-state index contributed by atoms with van der Waals surface area (Å²) in [6.45, 7) is 9.37. The Morgan fingerprint density at radius 3 is 2.51 bits per heavy atom. The van der Waals surface area contributed by atoms with Crippen LogP contribution in [0.2, 0.25) is 0 Å². The first-order valence-electron chi connectivity index (χ1n) is 12.7. The minimum Gasteiger partial charge on any atom is -0.444 e. The Morgan fingerprint density at radius 1 is 1.22 bits per heavy atom. The molecule has 0 bridgehead atoms. The molecule has 3 rings (SSSR count). The van der Waals surface area contributed by atoms with Gasteiger partial charge in [-0.25, -0.2) is 14.8 Å². The molecule has 2 aromatic rings. The SMILES string of the molecule is CCc1nc(C(N)=O)c(Nc2cccc(CCNC(=O)[C@H](C)N(C)C(=O)OC(C)(C)C)c2)nc1C1CC1. The number of hydrogen-bond acceptors (Lipinski definition) is 7. The largest absolute Gasteiger partial charge is 0.444 e. The van der Waals surface area contributed by atoms with Crippen LogP contribution in [0, 0.1) is 0 Å². The van der Waals surface area contributed by atoms with Crippen LogP contribution in [-0.2, 0) is 22.4 Å². The van der Waals surface area contributed by atoms with Crippen LogP contribution in [0.4, 0.5) is 16.3 Å². The number of aryl methyl sites for hydroxylation is 1. The van der Waals surface area contributed by atoms with Crippen molar-refractivity contribution in [1.82, 2.24) is 20.2 Å². The number of hydrogen-bond donors (Lipinski definition) is 3. The predicted molar refractivity (Wildman–Crippen MR) is 142 cm³/mol. The highest BCUT2D eigenvalue weighted by atomic mass is 16.6. The van der Waals surface area contributed by atoms with E-state index in [4.69, 9.17) is 15.5 Å². The Morgan fingerprint density at radius 2 is 1.92 bits per heavy atom. The zero-order valence-corrected chi connectivity index (χ0v) is 22.6. The van der Waals surface area contributed by atoms with Crippen LogP contribution >= 0.6 is 0 Å². The van der Waals surface area contributed by atoms with E-state index < -0.39 is 23.6 Å². The molecule has 0 saturated heterocycles. The molecule has 37 heavy (non-hydrogen) atoms. The van der Waals surface area contributed by atoms with Crippen molar-refractivity contribution in [2.75, 3.05) is 18.9 Å². The summed E-state index contributed by atoms with van der Waals surface area (Å²) in [5.41, 5.74) is 8.55. The van der Waals surface area contributed by atoms with E-state index in [1.165, 1.54) is 4.90 Å². The average Bonchev–Trinajstić information content (AvgIpc) is 3.67. The Hall–Kier alpha value is -3.69. The Kier molecular flexibility index (Phi) is 8.73. The summed E-state index contributed by atoms with van der Waals surface area (Å²) in [4.78, 5) is 47.4. The van der Waals surface area contributed by atoms with E-state index in [0.29, 0.717) is 31.1 Å². The van der Waals surface area contributed by atoms with E-state index in [-0.39, 0.29) is 11.6 Å². The van der Waals surface area contributed by atoms with Gasteiger partial charge in [-0.1, -0.05) is 19.1 Å². The summed E-state index contributed by atoms with van der Waals surface area (Å²) >= 11 is 0. The zero-order valence-electron chi connectivity index (χ0n) is 22.6. The number of primary amides is 1. The van der Waals surface area contributed by atoms with E-state index in [1.54, 1.807) is 34.7 Å². The van der Waals surface area contributed by atoms with Crippen LogP contribution in [0.3, 0.4) is 0 Å². The third-order valence-electron chi connectivity index (χ3n) is 6.08. The molecule has 0 radical (unpaired) electrons. The molecule has 1 aromatic carbocycles. The van der Waals surface area contributed by atoms with E-state index >= 15 is 0 Å². The number of likely N-dealkylation sites (N-methyl/N-ethyl adjacent to an activating group) is 1. The molecule has 1 atom stereocenters. The van der Waals surface area contributed by atoms with Crippen molar-refractivity contribution in [1.29, 1.82) is 0 Å². The van der Waals surface area contributed by atoms with Crippen molar-refractivity contribution >= 4 is 29.4 Å². The molecule has 1 aliphatic carbocycles. The third-order valence-corrected chi connectivity index (χ3v) is 6.08. The fraction of sp³-hybridized carbons (Fsp3) is 0.519. The third kappa shape index (κ3) is 7.65. The number of nitrogens with zero attached hydrogens (tertiary/aromatic N) is 3. The molecule has 200 valence electrons. The summed E-state index contributed by atoms with van der Waals surface area (Å²) in [5.74, 6) is -0.156. The first-order chi connectivity index (χ1) is 17.4. The predicted octanol–water partition coefficient (Wildman–Crippen LogP) is 3.67. The standard InChI is InChI=1S/C27H38N6O4/c1-7-20-21(18-11-12-18)32-24(22(31-20)23(28)34)30-19-10-8-9-17(15-19)13-14-29-25(35)16(2)33(6)26(36)37-27(3,4)5/h8-10,15-16,18H,7,11-14H2,1-6H3,(H2,28,34)(H,29,35)(H,30,32)/t16-/m0/s1. The Bertz CT molecular complexity index is 1160. The molecule has 3 amide bonds. The van der Waals surface area contributed by atoms with Gasteiger partial charge in [0.1, 0.15) is 11.6 Å². The van der Waals surface area contributed by atoms with Gasteiger partial charge in [0.25, 0.3) is 5.91 Å². The zero-order chi connectivity index (χ0) is 27.3. The van der Waals surface area contributed by atoms with E-state index in [9.17, 15) is 14.4 Å². The van der Waals surface area contributed by atoms with E-state index in [2.05, 4.69) is 15.6 Å². The lowest BCUT2D eigenvalue weighted by molar-refractivity contribution is -0.125. The van der Waals surface area contributed by atoms with Crippen molar-refractivity contribution in [3.8, 4) is 0 Å². The van der Waals surface area contributed by atoms with Crippen LogP contribution < -0.4 is 16.4 Å². The van der Waals surface area contributed by atoms with Gasteiger partial charge in [0, 0.05) is 25.2 Å². The van der Waals surface area contributed by atoms with Crippen molar-refractivity contribution in [3.63, 3.8) is 0 Å². The minimum absolute atomic E-state index is 0.127. The first kappa shape index (κ1) is 27.9. The number of rotatable bonds is 10. The second-order valence-corrected chi connectivity index (χ2v) is 10.4. The minimum atomic E-state index is -0.680. The quantitative estimate of drug-likeness (QED) is 0.443. The number of anilines is 2. The molecule has 10 heteroatoms. The van der Waals surface area contributed by atoms with Crippen molar-refractivity contribution in [2.45, 2.75) is 77.9 Å². The van der Waals surface area contributed by atoms with Crippen LogP contribution in [0.1, 0.15) is 80.8 Å². The topological polar surface area (TPSA) is 140 Å². The molecular weight excluding hydrogens is 472 g/mol. The van der Waals surface area contributed by atoms with Crippen LogP contribution in [0.25, 0.3) is 0 Å². The summed E-state index contributed by atoms with van der Waals surface area (Å²) in [7, 11) is 1.54. The van der Waals surface area contributed by atoms with Crippen LogP contribution in [0.15, 0.2) is 24.3 Å². The molecule has 10 nitrogen and oxygen atoms in total. The fourth-order valence-corrected chi connectivity index (χ4v) is 3.77. The van der Waals surface area contributed by atoms with Gasteiger partial charge < -0.3 is 21.1 Å². The second-order valence-electron chi connectivity index (χ2n) is 10.4. The molecule has 1 aromatic heterocycles. The van der Waals surface area contributed by atoms with Gasteiger partial charge in [-0.15, -0.1) is 0 Å². The highest BCUT2D eigenvalue weighted by Gasteiger charge is 2.30. The fourth-order valence-electron chi connectivity index (χ4n) is 3.77. The molecule has 1 fully saturated rings. The number of carbonyl (C=O) groups excluding carboxylic acids is 3. The van der Waals surface area contributed by atoms with Crippen molar-refractivity contribution < 1.29 is 19.1 Å². The average molecular weight is 511 g/mol. The van der Waals surface area contributed by atoms with Gasteiger partial charge in [0.2, 0.25) is 5.91 Å².